The Labute approximate surface area is 118 Å². The number of rotatable bonds is 3. The molecule has 2 rings (SSSR count). The molecule has 1 aliphatic carbocycles. The van der Waals surface area contributed by atoms with Crippen molar-refractivity contribution in [2.75, 3.05) is 5.32 Å². The van der Waals surface area contributed by atoms with E-state index in [4.69, 9.17) is 16.7 Å². The third-order valence-corrected chi connectivity index (χ3v) is 3.88. The minimum absolute atomic E-state index is 0.0939. The number of nitrogens with one attached hydrogen (secondary N) is 1. The Kier molecular flexibility index (Phi) is 4.30. The van der Waals surface area contributed by atoms with Crippen molar-refractivity contribution in [1.29, 1.82) is 0 Å². The Hall–Kier alpha value is -1.29. The van der Waals surface area contributed by atoms with Gasteiger partial charge in [-0.15, -0.1) is 0 Å². The first-order chi connectivity index (χ1) is 8.95. The first kappa shape index (κ1) is 14.1. The van der Waals surface area contributed by atoms with Crippen LogP contribution in [0.2, 0.25) is 5.02 Å². The zero-order valence-electron chi connectivity index (χ0n) is 11.2. The van der Waals surface area contributed by atoms with Gasteiger partial charge in [-0.1, -0.05) is 25.4 Å². The monoisotopic (exact) mass is 282 g/mol. The Morgan fingerprint density at radius 2 is 1.95 bits per heavy atom. The van der Waals surface area contributed by atoms with E-state index in [0.29, 0.717) is 23.7 Å². The highest BCUT2D eigenvalue weighted by Gasteiger charge is 2.24. The number of carbonyl (C=O) groups is 1. The predicted octanol–water partition coefficient (Wildman–Crippen LogP) is 3.67. The van der Waals surface area contributed by atoms with Gasteiger partial charge in [-0.05, 0) is 43.2 Å². The molecule has 0 bridgehead atoms. The van der Waals surface area contributed by atoms with E-state index in [0.717, 1.165) is 12.8 Å². The first-order valence-electron chi connectivity index (χ1n) is 6.62. The highest BCUT2D eigenvalue weighted by molar-refractivity contribution is 6.33. The van der Waals surface area contributed by atoms with E-state index in [2.05, 4.69) is 24.1 Å². The Morgan fingerprint density at radius 3 is 2.53 bits per heavy atom. The van der Waals surface area contributed by atoms with Gasteiger partial charge in [0.2, 0.25) is 0 Å². The highest BCUT2D eigenvalue weighted by Crippen LogP contribution is 2.30. The lowest BCUT2D eigenvalue weighted by molar-refractivity contribution is 0.0691. The van der Waals surface area contributed by atoms with Crippen molar-refractivity contribution < 1.29 is 9.90 Å². The van der Waals surface area contributed by atoms with Crippen LogP contribution in [0.4, 0.5) is 5.82 Å². The molecule has 1 aliphatic rings. The van der Waals surface area contributed by atoms with Gasteiger partial charge in [-0.25, -0.2) is 9.78 Å². The quantitative estimate of drug-likeness (QED) is 0.888. The number of anilines is 1. The molecule has 2 N–H and O–H groups in total. The topological polar surface area (TPSA) is 62.2 Å². The number of hydrogen-bond acceptors (Lipinski definition) is 3. The maximum atomic E-state index is 11.0. The number of hydrogen-bond donors (Lipinski definition) is 2. The third kappa shape index (κ3) is 3.60. The van der Waals surface area contributed by atoms with Gasteiger partial charge in [-0.2, -0.15) is 0 Å². The number of halogens is 1. The van der Waals surface area contributed by atoms with Gasteiger partial charge in [0, 0.05) is 6.04 Å². The zero-order chi connectivity index (χ0) is 14.0. The Morgan fingerprint density at radius 1 is 1.32 bits per heavy atom. The SMILES string of the molecule is CC1CC(C)CC(Nc2ccc(Cl)c(C(=O)O)n2)C1. The van der Waals surface area contributed by atoms with Crippen molar-refractivity contribution in [2.45, 2.75) is 39.2 Å². The minimum atomic E-state index is -1.10. The molecule has 19 heavy (non-hydrogen) atoms. The van der Waals surface area contributed by atoms with Crippen LogP contribution in [-0.4, -0.2) is 22.1 Å². The molecular formula is C14H19ClN2O2. The summed E-state index contributed by atoms with van der Waals surface area (Å²) in [7, 11) is 0. The van der Waals surface area contributed by atoms with E-state index >= 15 is 0 Å². The number of pyridine rings is 1. The van der Waals surface area contributed by atoms with Crippen LogP contribution < -0.4 is 5.32 Å². The maximum Gasteiger partial charge on any atom is 0.356 e. The summed E-state index contributed by atoms with van der Waals surface area (Å²) in [5, 5.41) is 12.5. The molecule has 0 saturated heterocycles. The molecular weight excluding hydrogens is 264 g/mol. The van der Waals surface area contributed by atoms with Crippen molar-refractivity contribution in [3.05, 3.63) is 22.8 Å². The number of carboxylic acid groups (broad SMARTS) is 1. The summed E-state index contributed by atoms with van der Waals surface area (Å²) < 4.78 is 0. The summed E-state index contributed by atoms with van der Waals surface area (Å²) in [5.74, 6) is 0.868. The lowest BCUT2D eigenvalue weighted by atomic mass is 9.80. The standard InChI is InChI=1S/C14H19ClN2O2/c1-8-5-9(2)7-10(6-8)16-12-4-3-11(15)13(17-12)14(18)19/h3-4,8-10H,5-7H2,1-2H3,(H,16,17)(H,18,19). The molecule has 5 heteroatoms. The van der Waals surface area contributed by atoms with E-state index in [1.54, 1.807) is 12.1 Å². The second-order valence-corrected chi connectivity index (χ2v) is 6.00. The number of carboxylic acids is 1. The molecule has 2 atom stereocenters. The first-order valence-corrected chi connectivity index (χ1v) is 7.00. The largest absolute Gasteiger partial charge is 0.476 e. The molecule has 0 spiro atoms. The molecule has 104 valence electrons. The van der Waals surface area contributed by atoms with Crippen molar-refractivity contribution >= 4 is 23.4 Å². The highest BCUT2D eigenvalue weighted by atomic mass is 35.5. The lowest BCUT2D eigenvalue weighted by Gasteiger charge is -2.32. The molecule has 1 aromatic heterocycles. The van der Waals surface area contributed by atoms with Crippen LogP contribution in [0.3, 0.4) is 0 Å². The molecule has 0 radical (unpaired) electrons. The Bertz CT molecular complexity index is 469. The number of nitrogens with zero attached hydrogens (tertiary/aromatic N) is 1. The Balaban J connectivity index is 2.10. The minimum Gasteiger partial charge on any atom is -0.476 e. The molecule has 0 aliphatic heterocycles. The van der Waals surface area contributed by atoms with Crippen LogP contribution in [0.5, 0.6) is 0 Å². The predicted molar refractivity (Wildman–Crippen MR) is 75.8 cm³/mol. The summed E-state index contributed by atoms with van der Waals surface area (Å²) in [6.07, 6.45) is 3.45. The smallest absolute Gasteiger partial charge is 0.356 e. The van der Waals surface area contributed by atoms with Crippen LogP contribution in [0.25, 0.3) is 0 Å². The van der Waals surface area contributed by atoms with Crippen LogP contribution in [0.1, 0.15) is 43.6 Å². The fourth-order valence-corrected chi connectivity index (χ4v) is 3.13. The lowest BCUT2D eigenvalue weighted by Crippen LogP contribution is -2.30. The van der Waals surface area contributed by atoms with E-state index in [1.165, 1.54) is 6.42 Å². The van der Waals surface area contributed by atoms with Gasteiger partial charge < -0.3 is 10.4 Å². The zero-order valence-corrected chi connectivity index (χ0v) is 11.9. The van der Waals surface area contributed by atoms with Crippen molar-refractivity contribution in [1.82, 2.24) is 4.98 Å². The molecule has 0 aromatic carbocycles. The van der Waals surface area contributed by atoms with Crippen molar-refractivity contribution in [2.24, 2.45) is 11.8 Å². The molecule has 0 amide bonds. The molecule has 2 unspecified atom stereocenters. The van der Waals surface area contributed by atoms with Crippen LogP contribution in [0, 0.1) is 11.8 Å². The maximum absolute atomic E-state index is 11.0. The van der Waals surface area contributed by atoms with Gasteiger partial charge >= 0.3 is 5.97 Å². The molecule has 1 aromatic rings. The van der Waals surface area contributed by atoms with Crippen LogP contribution in [0.15, 0.2) is 12.1 Å². The van der Waals surface area contributed by atoms with Crippen molar-refractivity contribution in [3.63, 3.8) is 0 Å². The number of aromatic carboxylic acids is 1. The van der Waals surface area contributed by atoms with Gasteiger partial charge in [0.1, 0.15) is 5.82 Å². The summed E-state index contributed by atoms with van der Waals surface area (Å²) in [4.78, 5) is 15.1. The normalized spacial score (nSPS) is 27.0. The average Bonchev–Trinajstić information content (AvgIpc) is 2.30. The molecule has 1 saturated carbocycles. The van der Waals surface area contributed by atoms with Gasteiger partial charge in [0.25, 0.3) is 0 Å². The van der Waals surface area contributed by atoms with Gasteiger partial charge in [0.15, 0.2) is 5.69 Å². The van der Waals surface area contributed by atoms with E-state index in [-0.39, 0.29) is 10.7 Å². The fraction of sp³-hybridized carbons (Fsp3) is 0.571. The second-order valence-electron chi connectivity index (χ2n) is 5.59. The van der Waals surface area contributed by atoms with E-state index in [1.807, 2.05) is 0 Å². The van der Waals surface area contributed by atoms with Crippen molar-refractivity contribution in [3.8, 4) is 0 Å². The van der Waals surface area contributed by atoms with E-state index in [9.17, 15) is 4.79 Å². The van der Waals surface area contributed by atoms with Crippen LogP contribution >= 0.6 is 11.6 Å². The molecule has 1 heterocycles. The summed E-state index contributed by atoms with van der Waals surface area (Å²) in [5.41, 5.74) is -0.0939. The summed E-state index contributed by atoms with van der Waals surface area (Å²) in [6.45, 7) is 4.50. The van der Waals surface area contributed by atoms with E-state index < -0.39 is 5.97 Å². The van der Waals surface area contributed by atoms with Gasteiger partial charge in [0.05, 0.1) is 5.02 Å². The molecule has 1 fully saturated rings. The van der Waals surface area contributed by atoms with Gasteiger partial charge in [-0.3, -0.25) is 0 Å². The summed E-state index contributed by atoms with van der Waals surface area (Å²) in [6, 6.07) is 3.67. The average molecular weight is 283 g/mol. The second kappa shape index (κ2) is 5.78. The molecule has 4 nitrogen and oxygen atoms in total. The number of aromatic nitrogens is 1. The van der Waals surface area contributed by atoms with Crippen LogP contribution in [-0.2, 0) is 0 Å². The summed E-state index contributed by atoms with van der Waals surface area (Å²) >= 11 is 5.81. The third-order valence-electron chi connectivity index (χ3n) is 3.58. The fourth-order valence-electron chi connectivity index (χ4n) is 2.95.